The van der Waals surface area contributed by atoms with Crippen LogP contribution in [0, 0.1) is 0 Å². The number of piperazine rings is 1. The molecule has 222 valence electrons. The third-order valence-electron chi connectivity index (χ3n) is 7.90. The highest BCUT2D eigenvalue weighted by Crippen LogP contribution is 2.35. The number of fused-ring (bicyclic) bond motifs is 1. The molecule has 8 nitrogen and oxygen atoms in total. The van der Waals surface area contributed by atoms with E-state index in [9.17, 15) is 13.2 Å². The van der Waals surface area contributed by atoms with Gasteiger partial charge in [0.25, 0.3) is 15.9 Å². The topological polar surface area (TPSA) is 97.5 Å². The van der Waals surface area contributed by atoms with Gasteiger partial charge in [0.05, 0.1) is 4.90 Å². The fourth-order valence-corrected chi connectivity index (χ4v) is 6.39. The summed E-state index contributed by atoms with van der Waals surface area (Å²) in [5.74, 6) is -0.176. The number of hydrogen-bond acceptors (Lipinski definition) is 5. The van der Waals surface area contributed by atoms with E-state index in [0.29, 0.717) is 17.9 Å². The van der Waals surface area contributed by atoms with Crippen molar-refractivity contribution in [1.82, 2.24) is 20.1 Å². The number of carbonyl (C=O) groups excluding carboxylic acids is 1. The van der Waals surface area contributed by atoms with Crippen LogP contribution in [0.3, 0.4) is 0 Å². The molecule has 1 fully saturated rings. The summed E-state index contributed by atoms with van der Waals surface area (Å²) < 4.78 is 29.2. The number of H-pyrrole nitrogens is 1. The summed E-state index contributed by atoms with van der Waals surface area (Å²) in [5, 5.41) is 3.86. The Kier molecular flexibility index (Phi) is 8.73. The van der Waals surface area contributed by atoms with E-state index in [-0.39, 0.29) is 16.2 Å². The van der Waals surface area contributed by atoms with E-state index in [2.05, 4.69) is 52.6 Å². The lowest BCUT2D eigenvalue weighted by molar-refractivity contribution is 0.0946. The second kappa shape index (κ2) is 12.3. The van der Waals surface area contributed by atoms with Crippen LogP contribution in [0.2, 0.25) is 0 Å². The Bertz CT molecular complexity index is 1630. The minimum absolute atomic E-state index is 0.0719. The highest BCUT2D eigenvalue weighted by Gasteiger charge is 2.22. The average molecular weight is 588 g/mol. The molecule has 3 N–H and O–H groups in total. The highest BCUT2D eigenvalue weighted by molar-refractivity contribution is 7.92. The number of carbonyl (C=O) groups is 1. The SMILES string of the molecule is CN1CCN(CCCNC(=O)c2[nH]c3ccc(NS(=O)(=O)c4ccc(C(C)(C)C)cc4)cc3c2-c2ccccc2)CC1. The zero-order valence-corrected chi connectivity index (χ0v) is 25.7. The number of hydrogen-bond donors (Lipinski definition) is 3. The maximum absolute atomic E-state index is 13.4. The molecule has 42 heavy (non-hydrogen) atoms. The molecule has 2 heterocycles. The molecule has 5 rings (SSSR count). The molecule has 4 aromatic rings. The molecule has 0 atom stereocenters. The smallest absolute Gasteiger partial charge is 0.268 e. The molecule has 1 aliphatic rings. The number of benzene rings is 3. The molecular weight excluding hydrogens is 546 g/mol. The number of amides is 1. The molecule has 1 aliphatic heterocycles. The van der Waals surface area contributed by atoms with Gasteiger partial charge in [-0.2, -0.15) is 0 Å². The lowest BCUT2D eigenvalue weighted by atomic mass is 9.87. The van der Waals surface area contributed by atoms with Crippen molar-refractivity contribution in [3.8, 4) is 11.1 Å². The van der Waals surface area contributed by atoms with E-state index in [4.69, 9.17) is 0 Å². The summed E-state index contributed by atoms with van der Waals surface area (Å²) in [6, 6.07) is 22.0. The molecule has 0 saturated carbocycles. The number of aromatic amines is 1. The van der Waals surface area contributed by atoms with Gasteiger partial charge < -0.3 is 20.1 Å². The number of rotatable bonds is 9. The van der Waals surface area contributed by atoms with Crippen molar-refractivity contribution < 1.29 is 13.2 Å². The lowest BCUT2D eigenvalue weighted by Crippen LogP contribution is -2.45. The zero-order chi connectivity index (χ0) is 29.9. The fourth-order valence-electron chi connectivity index (χ4n) is 5.34. The minimum Gasteiger partial charge on any atom is -0.351 e. The molecule has 1 saturated heterocycles. The Morgan fingerprint density at radius 3 is 2.29 bits per heavy atom. The summed E-state index contributed by atoms with van der Waals surface area (Å²) in [6.45, 7) is 12.1. The van der Waals surface area contributed by atoms with Gasteiger partial charge in [0.2, 0.25) is 0 Å². The Morgan fingerprint density at radius 1 is 0.929 bits per heavy atom. The Balaban J connectivity index is 1.37. The van der Waals surface area contributed by atoms with Gasteiger partial charge >= 0.3 is 0 Å². The number of aromatic nitrogens is 1. The average Bonchev–Trinajstić information content (AvgIpc) is 3.35. The van der Waals surface area contributed by atoms with Gasteiger partial charge in [-0.05, 0) is 66.9 Å². The summed E-state index contributed by atoms with van der Waals surface area (Å²) in [7, 11) is -1.66. The lowest BCUT2D eigenvalue weighted by Gasteiger charge is -2.32. The predicted octanol–water partition coefficient (Wildman–Crippen LogP) is 5.30. The van der Waals surface area contributed by atoms with Gasteiger partial charge in [0.15, 0.2) is 0 Å². The quantitative estimate of drug-likeness (QED) is 0.231. The summed E-state index contributed by atoms with van der Waals surface area (Å²) >= 11 is 0. The maximum Gasteiger partial charge on any atom is 0.268 e. The zero-order valence-electron chi connectivity index (χ0n) is 24.9. The van der Waals surface area contributed by atoms with E-state index in [1.54, 1.807) is 24.3 Å². The normalized spacial score (nSPS) is 15.1. The number of nitrogens with one attached hydrogen (secondary N) is 3. The van der Waals surface area contributed by atoms with Crippen molar-refractivity contribution in [3.63, 3.8) is 0 Å². The maximum atomic E-state index is 13.4. The standard InChI is InChI=1S/C33H41N5O3S/c1-33(2,3)25-11-14-27(15-12-25)42(40,41)36-26-13-16-29-28(23-26)30(24-9-6-5-7-10-24)31(35-29)32(39)34-17-8-18-38-21-19-37(4)20-22-38/h5-7,9-16,23,35-36H,8,17-22H2,1-4H3,(H,34,39). The first-order chi connectivity index (χ1) is 20.0. The summed E-state index contributed by atoms with van der Waals surface area (Å²) in [6.07, 6.45) is 0.874. The van der Waals surface area contributed by atoms with Crippen LogP contribution in [-0.2, 0) is 15.4 Å². The van der Waals surface area contributed by atoms with Gasteiger partial charge in [-0.25, -0.2) is 8.42 Å². The number of anilines is 1. The summed E-state index contributed by atoms with van der Waals surface area (Å²) in [4.78, 5) is 21.7. The summed E-state index contributed by atoms with van der Waals surface area (Å²) in [5.41, 5.74) is 4.27. The highest BCUT2D eigenvalue weighted by atomic mass is 32.2. The number of nitrogens with zero attached hydrogens (tertiary/aromatic N) is 2. The van der Waals surface area contributed by atoms with E-state index < -0.39 is 10.0 Å². The molecule has 0 bridgehead atoms. The molecule has 3 aromatic carbocycles. The first kappa shape index (κ1) is 29.8. The van der Waals surface area contributed by atoms with E-state index in [1.165, 1.54) is 0 Å². The molecule has 9 heteroatoms. The van der Waals surface area contributed by atoms with Crippen LogP contribution in [0.4, 0.5) is 5.69 Å². The monoisotopic (exact) mass is 587 g/mol. The van der Waals surface area contributed by atoms with Crippen molar-refractivity contribution >= 4 is 32.5 Å². The van der Waals surface area contributed by atoms with Gasteiger partial charge in [-0.1, -0.05) is 63.2 Å². The molecule has 1 amide bonds. The van der Waals surface area contributed by atoms with E-state index in [0.717, 1.165) is 66.7 Å². The first-order valence-corrected chi connectivity index (χ1v) is 16.0. The Hall–Kier alpha value is -3.66. The third kappa shape index (κ3) is 6.86. The number of likely N-dealkylation sites (N-methyl/N-ethyl adjacent to an activating group) is 1. The first-order valence-electron chi connectivity index (χ1n) is 14.5. The van der Waals surface area contributed by atoms with Crippen LogP contribution in [0.15, 0.2) is 77.7 Å². The van der Waals surface area contributed by atoms with E-state index in [1.807, 2.05) is 48.5 Å². The van der Waals surface area contributed by atoms with Gasteiger partial charge in [0, 0.05) is 54.9 Å². The second-order valence-corrected chi connectivity index (χ2v) is 13.8. The van der Waals surface area contributed by atoms with Crippen molar-refractivity contribution in [1.29, 1.82) is 0 Å². The largest absolute Gasteiger partial charge is 0.351 e. The molecular formula is C33H41N5O3S. The Labute approximate surface area is 249 Å². The van der Waals surface area contributed by atoms with E-state index >= 15 is 0 Å². The van der Waals surface area contributed by atoms with Crippen LogP contribution < -0.4 is 10.0 Å². The minimum atomic E-state index is -3.80. The van der Waals surface area contributed by atoms with Crippen molar-refractivity contribution in [2.24, 2.45) is 0 Å². The molecule has 1 aromatic heterocycles. The van der Waals surface area contributed by atoms with Gasteiger partial charge in [-0.15, -0.1) is 0 Å². The van der Waals surface area contributed by atoms with Crippen LogP contribution in [-0.4, -0.2) is 75.4 Å². The van der Waals surface area contributed by atoms with Crippen LogP contribution in [0.5, 0.6) is 0 Å². The molecule has 0 unspecified atom stereocenters. The van der Waals surface area contributed by atoms with Crippen LogP contribution >= 0.6 is 0 Å². The predicted molar refractivity (Wildman–Crippen MR) is 171 cm³/mol. The fraction of sp³-hybridized carbons (Fsp3) is 0.364. The van der Waals surface area contributed by atoms with Crippen molar-refractivity contribution in [2.45, 2.75) is 37.5 Å². The number of sulfonamides is 1. The van der Waals surface area contributed by atoms with Crippen molar-refractivity contribution in [2.75, 3.05) is 51.0 Å². The Morgan fingerprint density at radius 2 is 1.62 bits per heavy atom. The second-order valence-electron chi connectivity index (χ2n) is 12.1. The van der Waals surface area contributed by atoms with Gasteiger partial charge in [0.1, 0.15) is 5.69 Å². The van der Waals surface area contributed by atoms with Gasteiger partial charge in [-0.3, -0.25) is 9.52 Å². The van der Waals surface area contributed by atoms with Crippen LogP contribution in [0.25, 0.3) is 22.0 Å². The third-order valence-corrected chi connectivity index (χ3v) is 9.30. The molecule has 0 spiro atoms. The van der Waals surface area contributed by atoms with Crippen molar-refractivity contribution in [3.05, 3.63) is 84.1 Å². The van der Waals surface area contributed by atoms with Crippen LogP contribution in [0.1, 0.15) is 43.2 Å². The molecule has 0 radical (unpaired) electrons. The molecule has 0 aliphatic carbocycles.